The molecule has 1 saturated heterocycles. The molecule has 1 amide bonds. The molecule has 92 valence electrons. The molecule has 0 atom stereocenters. The molecule has 0 aliphatic carbocycles. The largest absolute Gasteiger partial charge is 0.493 e. The first-order valence-electron chi connectivity index (χ1n) is 5.88. The Morgan fingerprint density at radius 3 is 2.82 bits per heavy atom. The van der Waals surface area contributed by atoms with Gasteiger partial charge in [-0.15, -0.1) is 0 Å². The summed E-state index contributed by atoms with van der Waals surface area (Å²) in [6, 6.07) is 7.79. The fraction of sp³-hybridized carbons (Fsp3) is 0.462. The molecule has 2 rings (SSSR count). The molecule has 4 nitrogen and oxygen atoms in total. The molecule has 0 saturated carbocycles. The number of hydrogen-bond acceptors (Lipinski definition) is 3. The molecule has 0 spiro atoms. The van der Waals surface area contributed by atoms with Crippen LogP contribution < -0.4 is 4.74 Å². The average Bonchev–Trinajstić information content (AvgIpc) is 2.85. The Balaban J connectivity index is 1.72. The predicted molar refractivity (Wildman–Crippen MR) is 63.6 cm³/mol. The number of carbonyl (C=O) groups excluding carboxylic acids is 1. The van der Waals surface area contributed by atoms with E-state index in [0.29, 0.717) is 26.2 Å². The maximum atomic E-state index is 11.6. The molecule has 0 bridgehead atoms. The highest BCUT2D eigenvalue weighted by Gasteiger charge is 2.18. The van der Waals surface area contributed by atoms with E-state index >= 15 is 0 Å². The van der Waals surface area contributed by atoms with Crippen molar-refractivity contribution in [2.75, 3.05) is 19.8 Å². The van der Waals surface area contributed by atoms with Gasteiger partial charge in [0.05, 0.1) is 26.2 Å². The molecule has 0 unspecified atom stereocenters. The number of rotatable bonds is 4. The van der Waals surface area contributed by atoms with Crippen molar-refractivity contribution in [3.05, 3.63) is 29.8 Å². The second-order valence-corrected chi connectivity index (χ2v) is 4.09. The third-order valence-electron chi connectivity index (χ3n) is 2.64. The van der Waals surface area contributed by atoms with Gasteiger partial charge in [0.2, 0.25) is 5.91 Å². The summed E-state index contributed by atoms with van der Waals surface area (Å²) in [7, 11) is 0. The van der Waals surface area contributed by atoms with E-state index in [0.717, 1.165) is 12.2 Å². The Labute approximate surface area is 101 Å². The van der Waals surface area contributed by atoms with Crippen molar-refractivity contribution < 1.29 is 14.4 Å². The second-order valence-electron chi connectivity index (χ2n) is 4.09. The fourth-order valence-electron chi connectivity index (χ4n) is 1.66. The van der Waals surface area contributed by atoms with Crippen LogP contribution in [-0.4, -0.2) is 30.7 Å². The van der Waals surface area contributed by atoms with Gasteiger partial charge in [-0.3, -0.25) is 9.63 Å². The summed E-state index contributed by atoms with van der Waals surface area (Å²) in [6.07, 6.45) is 1.28. The van der Waals surface area contributed by atoms with Gasteiger partial charge in [-0.1, -0.05) is 17.7 Å². The molecule has 0 N–H and O–H groups in total. The Hall–Kier alpha value is -1.55. The fourth-order valence-corrected chi connectivity index (χ4v) is 1.66. The van der Waals surface area contributed by atoms with Crippen molar-refractivity contribution in [3.63, 3.8) is 0 Å². The van der Waals surface area contributed by atoms with Crippen molar-refractivity contribution in [1.29, 1.82) is 0 Å². The lowest BCUT2D eigenvalue weighted by atomic mass is 10.2. The van der Waals surface area contributed by atoms with Crippen molar-refractivity contribution in [3.8, 4) is 5.75 Å². The average molecular weight is 235 g/mol. The minimum absolute atomic E-state index is 0.00499. The lowest BCUT2D eigenvalue weighted by Gasteiger charge is -2.13. The van der Waals surface area contributed by atoms with Crippen LogP contribution in [0.25, 0.3) is 0 Å². The standard InChI is InChI=1S/C13H17NO3/c1-11-3-5-12(6-4-11)16-10-7-13(15)14-8-2-9-17-14/h3-6H,2,7-10H2,1H3. The van der Waals surface area contributed by atoms with Crippen molar-refractivity contribution in [1.82, 2.24) is 5.06 Å². The molecule has 1 aliphatic rings. The van der Waals surface area contributed by atoms with Crippen LogP contribution in [0.2, 0.25) is 0 Å². The van der Waals surface area contributed by atoms with E-state index in [2.05, 4.69) is 0 Å². The van der Waals surface area contributed by atoms with Crippen molar-refractivity contribution >= 4 is 5.91 Å². The van der Waals surface area contributed by atoms with Crippen LogP contribution in [0.4, 0.5) is 0 Å². The topological polar surface area (TPSA) is 38.8 Å². The van der Waals surface area contributed by atoms with Gasteiger partial charge in [-0.2, -0.15) is 0 Å². The quantitative estimate of drug-likeness (QED) is 0.800. The van der Waals surface area contributed by atoms with Gasteiger partial charge >= 0.3 is 0 Å². The third kappa shape index (κ3) is 3.46. The van der Waals surface area contributed by atoms with E-state index in [9.17, 15) is 4.79 Å². The maximum absolute atomic E-state index is 11.6. The van der Waals surface area contributed by atoms with Gasteiger partial charge in [-0.05, 0) is 25.5 Å². The zero-order valence-corrected chi connectivity index (χ0v) is 10.0. The monoisotopic (exact) mass is 235 g/mol. The van der Waals surface area contributed by atoms with E-state index < -0.39 is 0 Å². The summed E-state index contributed by atoms with van der Waals surface area (Å²) in [4.78, 5) is 16.8. The summed E-state index contributed by atoms with van der Waals surface area (Å²) >= 11 is 0. The van der Waals surface area contributed by atoms with Crippen LogP contribution >= 0.6 is 0 Å². The van der Waals surface area contributed by atoms with E-state index in [1.54, 1.807) is 0 Å². The van der Waals surface area contributed by atoms with E-state index in [-0.39, 0.29) is 5.91 Å². The molecule has 1 fully saturated rings. The molecule has 0 radical (unpaired) electrons. The molecule has 4 heteroatoms. The summed E-state index contributed by atoms with van der Waals surface area (Å²) in [5.74, 6) is 0.792. The number of hydrogen-bond donors (Lipinski definition) is 0. The van der Waals surface area contributed by atoms with E-state index in [1.165, 1.54) is 10.6 Å². The number of hydroxylamine groups is 2. The summed E-state index contributed by atoms with van der Waals surface area (Å²) in [5.41, 5.74) is 1.19. The van der Waals surface area contributed by atoms with Gasteiger partial charge in [0.25, 0.3) is 0 Å². The first-order chi connectivity index (χ1) is 8.25. The Kier molecular flexibility index (Phi) is 3.98. The maximum Gasteiger partial charge on any atom is 0.249 e. The zero-order valence-electron chi connectivity index (χ0n) is 10.0. The van der Waals surface area contributed by atoms with Crippen LogP contribution in [0.1, 0.15) is 18.4 Å². The predicted octanol–water partition coefficient (Wildman–Crippen LogP) is 1.93. The number of aryl methyl sites for hydroxylation is 1. The smallest absolute Gasteiger partial charge is 0.249 e. The first kappa shape index (κ1) is 11.9. The van der Waals surface area contributed by atoms with Crippen LogP contribution in [-0.2, 0) is 9.63 Å². The Morgan fingerprint density at radius 2 is 2.18 bits per heavy atom. The van der Waals surface area contributed by atoms with E-state index in [4.69, 9.17) is 9.57 Å². The number of amides is 1. The van der Waals surface area contributed by atoms with Gasteiger partial charge in [0, 0.05) is 0 Å². The number of benzene rings is 1. The SMILES string of the molecule is Cc1ccc(OCCC(=O)N2CCCO2)cc1. The third-order valence-corrected chi connectivity index (χ3v) is 2.64. The summed E-state index contributed by atoms with van der Waals surface area (Å²) in [5, 5.41) is 1.43. The van der Waals surface area contributed by atoms with E-state index in [1.807, 2.05) is 31.2 Å². The normalized spacial score (nSPS) is 15.0. The number of nitrogens with zero attached hydrogens (tertiary/aromatic N) is 1. The summed E-state index contributed by atoms with van der Waals surface area (Å²) < 4.78 is 5.49. The highest BCUT2D eigenvalue weighted by molar-refractivity contribution is 5.75. The Morgan fingerprint density at radius 1 is 1.41 bits per heavy atom. The minimum atomic E-state index is -0.00499. The second kappa shape index (κ2) is 5.68. The zero-order chi connectivity index (χ0) is 12.1. The van der Waals surface area contributed by atoms with Crippen LogP contribution in [0, 0.1) is 6.92 Å². The molecular weight excluding hydrogens is 218 g/mol. The lowest BCUT2D eigenvalue weighted by molar-refractivity contribution is -0.169. The van der Waals surface area contributed by atoms with Crippen LogP contribution in [0.5, 0.6) is 5.75 Å². The molecule has 1 aromatic rings. The molecule has 0 aromatic heterocycles. The van der Waals surface area contributed by atoms with Gasteiger partial charge in [0.1, 0.15) is 5.75 Å². The highest BCUT2D eigenvalue weighted by Crippen LogP contribution is 2.12. The summed E-state index contributed by atoms with van der Waals surface area (Å²) in [6.45, 7) is 3.76. The number of ether oxygens (including phenoxy) is 1. The first-order valence-corrected chi connectivity index (χ1v) is 5.88. The highest BCUT2D eigenvalue weighted by atomic mass is 16.7. The minimum Gasteiger partial charge on any atom is -0.493 e. The van der Waals surface area contributed by atoms with Crippen molar-refractivity contribution in [2.45, 2.75) is 19.8 Å². The van der Waals surface area contributed by atoms with Crippen molar-refractivity contribution in [2.24, 2.45) is 0 Å². The van der Waals surface area contributed by atoms with Gasteiger partial charge in [0.15, 0.2) is 0 Å². The van der Waals surface area contributed by atoms with Crippen LogP contribution in [0.3, 0.4) is 0 Å². The Bertz CT molecular complexity index is 369. The molecule has 1 heterocycles. The molecule has 17 heavy (non-hydrogen) atoms. The van der Waals surface area contributed by atoms with Gasteiger partial charge < -0.3 is 4.74 Å². The molecule has 1 aromatic carbocycles. The van der Waals surface area contributed by atoms with Gasteiger partial charge in [-0.25, -0.2) is 5.06 Å². The number of carbonyl (C=O) groups is 1. The lowest BCUT2D eigenvalue weighted by Crippen LogP contribution is -2.27. The molecular formula is C13H17NO3. The van der Waals surface area contributed by atoms with Crippen LogP contribution in [0.15, 0.2) is 24.3 Å². The molecule has 1 aliphatic heterocycles.